The first kappa shape index (κ1) is 15.6. The van der Waals surface area contributed by atoms with Crippen LogP contribution in [0.25, 0.3) is 0 Å². The van der Waals surface area contributed by atoms with Gasteiger partial charge in [-0.2, -0.15) is 0 Å². The largest absolute Gasteiger partial charge is 0.461 e. The number of benzene rings is 1. The molecule has 0 spiro atoms. The maximum atomic E-state index is 12.9. The Kier molecular flexibility index (Phi) is 3.61. The Bertz CT molecular complexity index is 697. The summed E-state index contributed by atoms with van der Waals surface area (Å²) in [7, 11) is 0. The van der Waals surface area contributed by atoms with Crippen LogP contribution in [0.3, 0.4) is 0 Å². The Labute approximate surface area is 151 Å². The molecular formula is C17H17Br2NO3. The molecule has 1 N–H and O–H groups in total. The van der Waals surface area contributed by atoms with E-state index in [1.165, 1.54) is 0 Å². The number of halogens is 2. The number of alkyl halides is 1. The minimum absolute atomic E-state index is 0.0438. The number of esters is 1. The van der Waals surface area contributed by atoms with Crippen molar-refractivity contribution in [3.8, 4) is 0 Å². The highest BCUT2D eigenvalue weighted by Crippen LogP contribution is 2.60. The van der Waals surface area contributed by atoms with Gasteiger partial charge in [-0.1, -0.05) is 31.9 Å². The number of aryl methyl sites for hydroxylation is 2. The van der Waals surface area contributed by atoms with Gasteiger partial charge in [-0.3, -0.25) is 9.59 Å². The predicted molar refractivity (Wildman–Crippen MR) is 93.4 cm³/mol. The summed E-state index contributed by atoms with van der Waals surface area (Å²) in [4.78, 5) is 25.2. The fourth-order valence-electron chi connectivity index (χ4n) is 4.64. The third-order valence-electron chi connectivity index (χ3n) is 5.57. The number of anilines is 1. The molecule has 23 heavy (non-hydrogen) atoms. The summed E-state index contributed by atoms with van der Waals surface area (Å²) in [5.41, 5.74) is 2.86. The van der Waals surface area contributed by atoms with Crippen molar-refractivity contribution in [1.82, 2.24) is 0 Å². The lowest BCUT2D eigenvalue weighted by atomic mass is 9.79. The highest BCUT2D eigenvalue weighted by Gasteiger charge is 2.67. The maximum Gasteiger partial charge on any atom is 0.310 e. The molecule has 1 amide bonds. The van der Waals surface area contributed by atoms with Crippen molar-refractivity contribution < 1.29 is 14.3 Å². The monoisotopic (exact) mass is 441 g/mol. The smallest absolute Gasteiger partial charge is 0.310 e. The Morgan fingerprint density at radius 1 is 1.26 bits per heavy atom. The van der Waals surface area contributed by atoms with E-state index in [1.807, 2.05) is 26.0 Å². The Balaban J connectivity index is 1.62. The van der Waals surface area contributed by atoms with Crippen molar-refractivity contribution in [2.75, 3.05) is 5.32 Å². The molecule has 0 aromatic heterocycles. The number of carbonyl (C=O) groups excluding carboxylic acids is 2. The number of rotatable bonds is 2. The second kappa shape index (κ2) is 5.31. The normalized spacial score (nSPS) is 37.1. The fraction of sp³-hybridized carbons (Fsp3) is 0.529. The minimum Gasteiger partial charge on any atom is -0.461 e. The molecule has 1 saturated heterocycles. The van der Waals surface area contributed by atoms with E-state index in [4.69, 9.17) is 4.74 Å². The van der Waals surface area contributed by atoms with E-state index in [0.717, 1.165) is 27.7 Å². The summed E-state index contributed by atoms with van der Waals surface area (Å²) in [5.74, 6) is -0.447. The van der Waals surface area contributed by atoms with Gasteiger partial charge in [0.25, 0.3) is 0 Å². The topological polar surface area (TPSA) is 55.4 Å². The molecule has 1 aromatic rings. The average Bonchev–Trinajstić information content (AvgIpc) is 3.06. The van der Waals surface area contributed by atoms with E-state index in [-0.39, 0.29) is 46.5 Å². The zero-order valence-corrected chi connectivity index (χ0v) is 16.0. The number of nitrogens with one attached hydrogen (secondary N) is 1. The summed E-state index contributed by atoms with van der Waals surface area (Å²) >= 11 is 7.11. The Morgan fingerprint density at radius 3 is 2.57 bits per heavy atom. The summed E-state index contributed by atoms with van der Waals surface area (Å²) in [6.45, 7) is 3.95. The van der Waals surface area contributed by atoms with Crippen LogP contribution in [0.2, 0.25) is 0 Å². The molecule has 2 bridgehead atoms. The number of carbonyl (C=O) groups is 2. The number of ether oxygens (including phenoxy) is 1. The van der Waals surface area contributed by atoms with Gasteiger partial charge in [0.05, 0.1) is 16.7 Å². The van der Waals surface area contributed by atoms with Gasteiger partial charge in [-0.05, 0) is 49.4 Å². The van der Waals surface area contributed by atoms with Crippen LogP contribution in [0.15, 0.2) is 16.6 Å². The molecular weight excluding hydrogens is 426 g/mol. The first-order chi connectivity index (χ1) is 10.9. The highest BCUT2D eigenvalue weighted by atomic mass is 79.9. The van der Waals surface area contributed by atoms with Gasteiger partial charge in [-0.15, -0.1) is 0 Å². The summed E-state index contributed by atoms with van der Waals surface area (Å²) in [6, 6.07) is 3.97. The average molecular weight is 443 g/mol. The van der Waals surface area contributed by atoms with Gasteiger partial charge in [0, 0.05) is 16.1 Å². The second-order valence-corrected chi connectivity index (χ2v) is 8.84. The van der Waals surface area contributed by atoms with Crippen LogP contribution in [0, 0.1) is 37.5 Å². The molecule has 122 valence electrons. The van der Waals surface area contributed by atoms with Gasteiger partial charge in [0.1, 0.15) is 6.10 Å². The lowest BCUT2D eigenvalue weighted by Gasteiger charge is -2.28. The van der Waals surface area contributed by atoms with E-state index in [9.17, 15) is 9.59 Å². The van der Waals surface area contributed by atoms with Gasteiger partial charge in [-0.25, -0.2) is 0 Å². The summed E-state index contributed by atoms with van der Waals surface area (Å²) in [6.07, 6.45) is 0.852. The van der Waals surface area contributed by atoms with Gasteiger partial charge >= 0.3 is 5.97 Å². The van der Waals surface area contributed by atoms with Crippen molar-refractivity contribution >= 4 is 49.4 Å². The van der Waals surface area contributed by atoms with Crippen molar-refractivity contribution in [2.45, 2.75) is 31.2 Å². The standard InChI is InChI=1S/C17H17Br2NO3/c1-6-3-8(18)4-7(2)14(6)20-16(21)11-9-5-10-12(11)17(22)23-15(10)13(9)19/h3-4,9-13,15H,5H2,1-2H3,(H,20,21)/t9-,10-,11-,12-,13+,15+/m1/s1. The van der Waals surface area contributed by atoms with E-state index in [2.05, 4.69) is 37.2 Å². The minimum atomic E-state index is -0.293. The molecule has 6 atom stereocenters. The number of amides is 1. The number of fused-ring (bicyclic) bond motifs is 1. The molecule has 3 aliphatic rings. The van der Waals surface area contributed by atoms with Crippen molar-refractivity contribution in [3.05, 3.63) is 27.7 Å². The van der Waals surface area contributed by atoms with Crippen LogP contribution >= 0.6 is 31.9 Å². The van der Waals surface area contributed by atoms with E-state index in [0.29, 0.717) is 0 Å². The van der Waals surface area contributed by atoms with Crippen molar-refractivity contribution in [2.24, 2.45) is 23.7 Å². The zero-order chi connectivity index (χ0) is 16.5. The molecule has 1 aromatic carbocycles. The van der Waals surface area contributed by atoms with Gasteiger partial charge in [0.2, 0.25) is 5.91 Å². The molecule has 0 unspecified atom stereocenters. The van der Waals surface area contributed by atoms with Crippen molar-refractivity contribution in [1.29, 1.82) is 0 Å². The third-order valence-corrected chi connectivity index (χ3v) is 7.23. The van der Waals surface area contributed by atoms with Gasteiger partial charge < -0.3 is 10.1 Å². The molecule has 0 radical (unpaired) electrons. The van der Waals surface area contributed by atoms with E-state index >= 15 is 0 Å². The SMILES string of the molecule is Cc1cc(Br)cc(C)c1NC(=O)[C@@H]1[C@H]2C[C@H]3[C@H](OC(=O)[C@H]31)[C@H]2Br. The van der Waals surface area contributed by atoms with Crippen LogP contribution in [-0.2, 0) is 14.3 Å². The molecule has 4 rings (SSSR count). The third kappa shape index (κ3) is 2.21. The molecule has 6 heteroatoms. The second-order valence-electron chi connectivity index (χ2n) is 6.86. The van der Waals surface area contributed by atoms with Crippen LogP contribution < -0.4 is 5.32 Å². The fourth-order valence-corrected chi connectivity index (χ4v) is 6.38. The van der Waals surface area contributed by atoms with Crippen LogP contribution in [0.1, 0.15) is 17.5 Å². The first-order valence-electron chi connectivity index (χ1n) is 7.80. The molecule has 4 nitrogen and oxygen atoms in total. The summed E-state index contributed by atoms with van der Waals surface area (Å²) < 4.78 is 6.47. The van der Waals surface area contributed by atoms with Gasteiger partial charge in [0.15, 0.2) is 0 Å². The molecule has 1 heterocycles. The number of hydrogen-bond acceptors (Lipinski definition) is 3. The zero-order valence-electron chi connectivity index (χ0n) is 12.8. The lowest BCUT2D eigenvalue weighted by Crippen LogP contribution is -2.40. The van der Waals surface area contributed by atoms with Crippen LogP contribution in [0.5, 0.6) is 0 Å². The Morgan fingerprint density at radius 2 is 1.91 bits per heavy atom. The molecule has 2 aliphatic carbocycles. The lowest BCUT2D eigenvalue weighted by molar-refractivity contribution is -0.145. The maximum absolute atomic E-state index is 12.9. The van der Waals surface area contributed by atoms with E-state index in [1.54, 1.807) is 0 Å². The molecule has 3 fully saturated rings. The quantitative estimate of drug-likeness (QED) is 0.562. The van der Waals surface area contributed by atoms with Crippen LogP contribution in [0.4, 0.5) is 5.69 Å². The van der Waals surface area contributed by atoms with Crippen LogP contribution in [-0.4, -0.2) is 22.8 Å². The highest BCUT2D eigenvalue weighted by molar-refractivity contribution is 9.10. The number of hydrogen-bond donors (Lipinski definition) is 1. The summed E-state index contributed by atoms with van der Waals surface area (Å²) in [5, 5.41) is 3.07. The first-order valence-corrected chi connectivity index (χ1v) is 9.51. The Hall–Kier alpha value is -0.880. The predicted octanol–water partition coefficient (Wildman–Crippen LogP) is 3.58. The molecule has 1 aliphatic heterocycles. The van der Waals surface area contributed by atoms with E-state index < -0.39 is 0 Å². The molecule has 2 saturated carbocycles. The van der Waals surface area contributed by atoms with Crippen molar-refractivity contribution in [3.63, 3.8) is 0 Å².